The van der Waals surface area contributed by atoms with E-state index in [0.29, 0.717) is 16.9 Å². The van der Waals surface area contributed by atoms with Gasteiger partial charge in [0.2, 0.25) is 0 Å². The van der Waals surface area contributed by atoms with Crippen LogP contribution in [0.2, 0.25) is 0 Å². The van der Waals surface area contributed by atoms with Gasteiger partial charge in [0.25, 0.3) is 5.91 Å². The van der Waals surface area contributed by atoms with Crippen LogP contribution in [0.25, 0.3) is 0 Å². The molecule has 0 spiro atoms. The number of esters is 1. The third-order valence-electron chi connectivity index (χ3n) is 2.73. The molecule has 1 rings (SSSR count). The summed E-state index contributed by atoms with van der Waals surface area (Å²) in [6.45, 7) is 5.64. The molecule has 1 aromatic rings. The van der Waals surface area contributed by atoms with Crippen molar-refractivity contribution in [3.8, 4) is 0 Å². The summed E-state index contributed by atoms with van der Waals surface area (Å²) in [6, 6.07) is 3.87. The second-order valence-corrected chi connectivity index (χ2v) is 4.84. The topological polar surface area (TPSA) is 107 Å². The van der Waals surface area contributed by atoms with Crippen molar-refractivity contribution < 1.29 is 14.3 Å². The summed E-state index contributed by atoms with van der Waals surface area (Å²) >= 11 is 0. The fraction of sp³-hybridized carbons (Fsp3) is 0.429. The predicted octanol–water partition coefficient (Wildman–Crippen LogP) is 1.17. The molecule has 0 aromatic heterocycles. The Morgan fingerprint density at radius 2 is 1.75 bits per heavy atom. The molecule has 0 radical (unpaired) electrons. The van der Waals surface area contributed by atoms with Crippen LogP contribution in [0.3, 0.4) is 0 Å². The molecule has 0 saturated heterocycles. The number of nitrogens with one attached hydrogen (secondary N) is 1. The zero-order chi connectivity index (χ0) is 15.3. The molecular weight excluding hydrogens is 258 g/mol. The maximum atomic E-state index is 12.1. The quantitative estimate of drug-likeness (QED) is 0.554. The van der Waals surface area contributed by atoms with E-state index < -0.39 is 17.9 Å². The number of nitrogens with two attached hydrogens (primary N) is 2. The first-order valence-corrected chi connectivity index (χ1v) is 6.48. The minimum absolute atomic E-state index is 0.0867. The molecule has 6 nitrogen and oxygen atoms in total. The third-order valence-corrected chi connectivity index (χ3v) is 2.73. The fourth-order valence-electron chi connectivity index (χ4n) is 1.76. The average Bonchev–Trinajstić information content (AvgIpc) is 2.34. The zero-order valence-corrected chi connectivity index (χ0v) is 12.0. The van der Waals surface area contributed by atoms with Gasteiger partial charge in [0.1, 0.15) is 6.04 Å². The van der Waals surface area contributed by atoms with Gasteiger partial charge < -0.3 is 21.5 Å². The van der Waals surface area contributed by atoms with Gasteiger partial charge in [-0.2, -0.15) is 0 Å². The zero-order valence-electron chi connectivity index (χ0n) is 12.0. The summed E-state index contributed by atoms with van der Waals surface area (Å²) in [7, 11) is 0. The molecule has 0 saturated carbocycles. The van der Waals surface area contributed by atoms with Crippen LogP contribution >= 0.6 is 0 Å². The van der Waals surface area contributed by atoms with Crippen molar-refractivity contribution in [2.75, 3.05) is 18.1 Å². The molecule has 0 aliphatic carbocycles. The van der Waals surface area contributed by atoms with E-state index in [1.807, 2.05) is 13.8 Å². The van der Waals surface area contributed by atoms with E-state index in [1.54, 1.807) is 13.0 Å². The Bertz CT molecular complexity index is 480. The number of carbonyl (C=O) groups is 2. The third kappa shape index (κ3) is 4.15. The van der Waals surface area contributed by atoms with Gasteiger partial charge in [-0.1, -0.05) is 13.8 Å². The predicted molar refractivity (Wildman–Crippen MR) is 78.0 cm³/mol. The Balaban J connectivity index is 2.88. The first kappa shape index (κ1) is 15.8. The number of hydrogen-bond donors (Lipinski definition) is 3. The molecule has 0 heterocycles. The summed E-state index contributed by atoms with van der Waals surface area (Å²) < 4.78 is 4.95. The molecule has 5 N–H and O–H groups in total. The summed E-state index contributed by atoms with van der Waals surface area (Å²) in [5, 5.41) is 2.65. The number of rotatable bonds is 5. The molecule has 0 fully saturated rings. The van der Waals surface area contributed by atoms with Gasteiger partial charge >= 0.3 is 5.97 Å². The van der Waals surface area contributed by atoms with Crippen molar-refractivity contribution in [2.24, 2.45) is 5.92 Å². The number of nitrogen functional groups attached to an aromatic ring is 2. The van der Waals surface area contributed by atoms with E-state index in [2.05, 4.69) is 5.32 Å². The van der Waals surface area contributed by atoms with E-state index in [-0.39, 0.29) is 12.5 Å². The van der Waals surface area contributed by atoms with Crippen LogP contribution in [0.1, 0.15) is 31.1 Å². The number of amides is 1. The molecule has 110 valence electrons. The normalized spacial score (nSPS) is 12.0. The molecule has 1 aromatic carbocycles. The smallest absolute Gasteiger partial charge is 0.328 e. The first-order chi connectivity index (χ1) is 9.35. The molecule has 6 heteroatoms. The lowest BCUT2D eigenvalue weighted by molar-refractivity contribution is -0.146. The number of benzene rings is 1. The molecule has 0 aliphatic rings. The maximum absolute atomic E-state index is 12.1. The van der Waals surface area contributed by atoms with Crippen LogP contribution in [0.15, 0.2) is 18.2 Å². The molecule has 0 aliphatic heterocycles. The van der Waals surface area contributed by atoms with Crippen LogP contribution in [0.4, 0.5) is 11.4 Å². The lowest BCUT2D eigenvalue weighted by atomic mass is 10.0. The minimum atomic E-state index is -0.704. The van der Waals surface area contributed by atoms with Gasteiger partial charge in [-0.15, -0.1) is 0 Å². The highest BCUT2D eigenvalue weighted by molar-refractivity contribution is 5.98. The van der Waals surface area contributed by atoms with Crippen molar-refractivity contribution in [3.05, 3.63) is 23.8 Å². The van der Waals surface area contributed by atoms with Crippen LogP contribution < -0.4 is 16.8 Å². The Labute approximate surface area is 118 Å². The monoisotopic (exact) mass is 279 g/mol. The molecule has 1 atom stereocenters. The second kappa shape index (κ2) is 6.79. The highest BCUT2D eigenvalue weighted by Crippen LogP contribution is 2.14. The van der Waals surface area contributed by atoms with Gasteiger partial charge in [0, 0.05) is 16.9 Å². The molecule has 1 amide bonds. The average molecular weight is 279 g/mol. The van der Waals surface area contributed by atoms with Crippen LogP contribution in [0, 0.1) is 5.92 Å². The van der Waals surface area contributed by atoms with E-state index in [0.717, 1.165) is 0 Å². The molecular formula is C14H21N3O3. The van der Waals surface area contributed by atoms with Gasteiger partial charge in [0.15, 0.2) is 0 Å². The van der Waals surface area contributed by atoms with Crippen molar-refractivity contribution in [3.63, 3.8) is 0 Å². The largest absolute Gasteiger partial charge is 0.464 e. The van der Waals surface area contributed by atoms with Gasteiger partial charge in [0.05, 0.1) is 6.61 Å². The van der Waals surface area contributed by atoms with Crippen molar-refractivity contribution >= 4 is 23.3 Å². The van der Waals surface area contributed by atoms with Crippen LogP contribution in [0.5, 0.6) is 0 Å². The summed E-state index contributed by atoms with van der Waals surface area (Å²) in [5.41, 5.74) is 12.4. The fourth-order valence-corrected chi connectivity index (χ4v) is 1.76. The number of anilines is 2. The lowest BCUT2D eigenvalue weighted by Gasteiger charge is -2.20. The summed E-state index contributed by atoms with van der Waals surface area (Å²) in [4.78, 5) is 23.9. The Hall–Kier alpha value is -2.24. The maximum Gasteiger partial charge on any atom is 0.328 e. The number of hydrogen-bond acceptors (Lipinski definition) is 5. The van der Waals surface area contributed by atoms with E-state index in [4.69, 9.17) is 16.2 Å². The van der Waals surface area contributed by atoms with Crippen molar-refractivity contribution in [2.45, 2.75) is 26.8 Å². The lowest BCUT2D eigenvalue weighted by Crippen LogP contribution is -2.45. The first-order valence-electron chi connectivity index (χ1n) is 6.48. The van der Waals surface area contributed by atoms with Gasteiger partial charge in [-0.25, -0.2) is 4.79 Å². The van der Waals surface area contributed by atoms with Crippen molar-refractivity contribution in [1.82, 2.24) is 5.32 Å². The Morgan fingerprint density at radius 1 is 1.20 bits per heavy atom. The van der Waals surface area contributed by atoms with Crippen LogP contribution in [-0.2, 0) is 9.53 Å². The van der Waals surface area contributed by atoms with Gasteiger partial charge in [-0.3, -0.25) is 4.79 Å². The summed E-state index contributed by atoms with van der Waals surface area (Å²) in [6.07, 6.45) is 0. The minimum Gasteiger partial charge on any atom is -0.464 e. The SMILES string of the molecule is CCOC(=O)[C@@H](NC(=O)c1cc(N)cc(N)c1)C(C)C. The Morgan fingerprint density at radius 3 is 2.20 bits per heavy atom. The van der Waals surface area contributed by atoms with Crippen LogP contribution in [-0.4, -0.2) is 24.5 Å². The molecule has 0 bridgehead atoms. The Kier molecular flexibility index (Phi) is 5.37. The van der Waals surface area contributed by atoms with Crippen molar-refractivity contribution in [1.29, 1.82) is 0 Å². The highest BCUT2D eigenvalue weighted by atomic mass is 16.5. The van der Waals surface area contributed by atoms with Gasteiger partial charge in [-0.05, 0) is 31.0 Å². The molecule has 0 unspecified atom stereocenters. The van der Waals surface area contributed by atoms with E-state index in [9.17, 15) is 9.59 Å². The molecule has 20 heavy (non-hydrogen) atoms. The number of ether oxygens (including phenoxy) is 1. The highest BCUT2D eigenvalue weighted by Gasteiger charge is 2.25. The standard InChI is InChI=1S/C14H21N3O3/c1-4-20-14(19)12(8(2)3)17-13(18)9-5-10(15)7-11(16)6-9/h5-8,12H,4,15-16H2,1-3H3,(H,17,18)/t12-/m0/s1. The number of carbonyl (C=O) groups excluding carboxylic acids is 2. The van der Waals surface area contributed by atoms with E-state index in [1.165, 1.54) is 12.1 Å². The summed E-state index contributed by atoms with van der Waals surface area (Å²) in [5.74, 6) is -0.945. The van der Waals surface area contributed by atoms with E-state index >= 15 is 0 Å². The second-order valence-electron chi connectivity index (χ2n) is 4.84.